The van der Waals surface area contributed by atoms with Gasteiger partial charge in [0, 0.05) is 17.8 Å². The predicted molar refractivity (Wildman–Crippen MR) is 66.7 cm³/mol. The maximum Gasteiger partial charge on any atom is 0.0621 e. The van der Waals surface area contributed by atoms with Gasteiger partial charge in [-0.15, -0.1) is 11.6 Å². The van der Waals surface area contributed by atoms with Crippen molar-refractivity contribution in [2.24, 2.45) is 5.92 Å². The van der Waals surface area contributed by atoms with Crippen LogP contribution in [0.1, 0.15) is 32.3 Å². The van der Waals surface area contributed by atoms with Crippen LogP contribution in [0.3, 0.4) is 0 Å². The minimum atomic E-state index is 0.173. The van der Waals surface area contributed by atoms with Crippen molar-refractivity contribution in [3.05, 3.63) is 29.0 Å². The summed E-state index contributed by atoms with van der Waals surface area (Å²) in [6.45, 7) is 4.42. The molecule has 0 aliphatic heterocycles. The molecule has 0 saturated heterocycles. The second-order valence-corrected chi connectivity index (χ2v) is 5.26. The van der Waals surface area contributed by atoms with Crippen LogP contribution in [0.4, 0.5) is 0 Å². The molecular weight excluding hydrogens is 229 g/mol. The van der Waals surface area contributed by atoms with E-state index >= 15 is 0 Å². The summed E-state index contributed by atoms with van der Waals surface area (Å²) in [7, 11) is 0. The molecular formula is C12H17Cl2N. The Kier molecular flexibility index (Phi) is 5.41. The van der Waals surface area contributed by atoms with E-state index in [1.807, 2.05) is 6.07 Å². The Morgan fingerprint density at radius 1 is 1.33 bits per heavy atom. The predicted octanol–water partition coefficient (Wildman–Crippen LogP) is 4.32. The van der Waals surface area contributed by atoms with Crippen LogP contribution in [0.2, 0.25) is 5.02 Å². The summed E-state index contributed by atoms with van der Waals surface area (Å²) in [6.07, 6.45) is 6.46. The molecule has 0 fully saturated rings. The van der Waals surface area contributed by atoms with Crippen LogP contribution in [0.15, 0.2) is 18.5 Å². The molecule has 1 aromatic rings. The highest BCUT2D eigenvalue weighted by Gasteiger charge is 2.09. The summed E-state index contributed by atoms with van der Waals surface area (Å²) in [5.41, 5.74) is 1.09. The van der Waals surface area contributed by atoms with Crippen molar-refractivity contribution in [1.29, 1.82) is 0 Å². The largest absolute Gasteiger partial charge is 0.263 e. The summed E-state index contributed by atoms with van der Waals surface area (Å²) >= 11 is 12.3. The van der Waals surface area contributed by atoms with Crippen molar-refractivity contribution in [2.75, 3.05) is 0 Å². The standard InChI is InChI=1S/C12H17Cl2N/c1-9(2)3-4-11(13)7-10-5-6-15-8-12(10)14/h5-6,8-9,11H,3-4,7H2,1-2H3. The van der Waals surface area contributed by atoms with Crippen LogP contribution in [0, 0.1) is 5.92 Å². The van der Waals surface area contributed by atoms with E-state index in [0.717, 1.165) is 24.8 Å². The van der Waals surface area contributed by atoms with E-state index in [1.54, 1.807) is 12.4 Å². The van der Waals surface area contributed by atoms with Crippen LogP contribution >= 0.6 is 23.2 Å². The smallest absolute Gasteiger partial charge is 0.0621 e. The number of rotatable bonds is 5. The lowest BCUT2D eigenvalue weighted by Gasteiger charge is -2.11. The number of pyridine rings is 1. The van der Waals surface area contributed by atoms with Crippen LogP contribution in [-0.2, 0) is 6.42 Å². The van der Waals surface area contributed by atoms with E-state index in [1.165, 1.54) is 0 Å². The topological polar surface area (TPSA) is 12.9 Å². The third-order valence-electron chi connectivity index (χ3n) is 2.36. The van der Waals surface area contributed by atoms with Gasteiger partial charge in [-0.2, -0.15) is 0 Å². The lowest BCUT2D eigenvalue weighted by atomic mass is 10.0. The minimum Gasteiger partial charge on any atom is -0.263 e. The van der Waals surface area contributed by atoms with Gasteiger partial charge < -0.3 is 0 Å². The van der Waals surface area contributed by atoms with E-state index in [2.05, 4.69) is 18.8 Å². The fourth-order valence-corrected chi connectivity index (χ4v) is 1.91. The zero-order valence-corrected chi connectivity index (χ0v) is 10.7. The molecule has 1 rings (SSSR count). The number of aromatic nitrogens is 1. The molecule has 15 heavy (non-hydrogen) atoms. The molecule has 84 valence electrons. The Hall–Kier alpha value is -0.270. The first-order valence-corrected chi connectivity index (χ1v) is 6.13. The zero-order chi connectivity index (χ0) is 11.3. The van der Waals surface area contributed by atoms with E-state index in [4.69, 9.17) is 23.2 Å². The molecule has 1 nitrogen and oxygen atoms in total. The Labute approximate surface area is 102 Å². The number of nitrogens with zero attached hydrogens (tertiary/aromatic N) is 1. The van der Waals surface area contributed by atoms with Crippen molar-refractivity contribution in [3.63, 3.8) is 0 Å². The summed E-state index contributed by atoms with van der Waals surface area (Å²) < 4.78 is 0. The van der Waals surface area contributed by atoms with Crippen molar-refractivity contribution in [2.45, 2.75) is 38.5 Å². The molecule has 0 radical (unpaired) electrons. The minimum absolute atomic E-state index is 0.173. The van der Waals surface area contributed by atoms with Crippen molar-refractivity contribution in [3.8, 4) is 0 Å². The van der Waals surface area contributed by atoms with Gasteiger partial charge in [-0.05, 0) is 36.8 Å². The molecule has 0 N–H and O–H groups in total. The van der Waals surface area contributed by atoms with Gasteiger partial charge >= 0.3 is 0 Å². The molecule has 0 bridgehead atoms. The van der Waals surface area contributed by atoms with Crippen LogP contribution in [0.25, 0.3) is 0 Å². The number of hydrogen-bond acceptors (Lipinski definition) is 1. The molecule has 0 saturated carbocycles. The van der Waals surface area contributed by atoms with Crippen LogP contribution in [-0.4, -0.2) is 10.4 Å². The lowest BCUT2D eigenvalue weighted by Crippen LogP contribution is -2.05. The van der Waals surface area contributed by atoms with E-state index < -0.39 is 0 Å². The van der Waals surface area contributed by atoms with E-state index in [-0.39, 0.29) is 5.38 Å². The molecule has 0 aliphatic rings. The Balaban J connectivity index is 2.44. The van der Waals surface area contributed by atoms with E-state index in [0.29, 0.717) is 10.9 Å². The highest BCUT2D eigenvalue weighted by Crippen LogP contribution is 2.20. The van der Waals surface area contributed by atoms with Gasteiger partial charge in [-0.25, -0.2) is 0 Å². The second-order valence-electron chi connectivity index (χ2n) is 4.24. The van der Waals surface area contributed by atoms with Gasteiger partial charge in [0.1, 0.15) is 0 Å². The quantitative estimate of drug-likeness (QED) is 0.705. The van der Waals surface area contributed by atoms with E-state index in [9.17, 15) is 0 Å². The first kappa shape index (κ1) is 12.8. The van der Waals surface area contributed by atoms with Crippen LogP contribution in [0.5, 0.6) is 0 Å². The molecule has 1 unspecified atom stereocenters. The third kappa shape index (κ3) is 4.85. The monoisotopic (exact) mass is 245 g/mol. The zero-order valence-electron chi connectivity index (χ0n) is 9.21. The fraction of sp³-hybridized carbons (Fsp3) is 0.583. The highest BCUT2D eigenvalue weighted by molar-refractivity contribution is 6.31. The molecule has 0 aromatic carbocycles. The summed E-state index contributed by atoms with van der Waals surface area (Å²) in [4.78, 5) is 3.95. The van der Waals surface area contributed by atoms with Crippen LogP contribution < -0.4 is 0 Å². The Morgan fingerprint density at radius 3 is 2.67 bits per heavy atom. The summed E-state index contributed by atoms with van der Waals surface area (Å²) in [5.74, 6) is 0.708. The molecule has 0 spiro atoms. The van der Waals surface area contributed by atoms with Gasteiger partial charge in [-0.1, -0.05) is 25.4 Å². The highest BCUT2D eigenvalue weighted by atomic mass is 35.5. The summed E-state index contributed by atoms with van der Waals surface area (Å²) in [5, 5.41) is 0.889. The molecule has 1 aromatic heterocycles. The van der Waals surface area contributed by atoms with Gasteiger partial charge in [0.15, 0.2) is 0 Å². The van der Waals surface area contributed by atoms with Crippen molar-refractivity contribution in [1.82, 2.24) is 4.98 Å². The second kappa shape index (κ2) is 6.34. The maximum absolute atomic E-state index is 6.25. The Bertz CT molecular complexity index is 299. The lowest BCUT2D eigenvalue weighted by molar-refractivity contribution is 0.541. The Morgan fingerprint density at radius 2 is 2.07 bits per heavy atom. The third-order valence-corrected chi connectivity index (χ3v) is 3.07. The van der Waals surface area contributed by atoms with Crippen molar-refractivity contribution < 1.29 is 0 Å². The molecule has 0 aliphatic carbocycles. The molecule has 0 amide bonds. The normalized spacial score (nSPS) is 13.1. The maximum atomic E-state index is 6.25. The average molecular weight is 246 g/mol. The molecule has 1 atom stereocenters. The number of halogens is 2. The summed E-state index contributed by atoms with van der Waals surface area (Å²) in [6, 6.07) is 1.94. The first-order chi connectivity index (χ1) is 7.09. The van der Waals surface area contributed by atoms with Gasteiger partial charge in [0.2, 0.25) is 0 Å². The average Bonchev–Trinajstić information content (AvgIpc) is 2.18. The number of alkyl halides is 1. The molecule has 3 heteroatoms. The fourth-order valence-electron chi connectivity index (χ4n) is 1.42. The SMILES string of the molecule is CC(C)CCC(Cl)Cc1ccncc1Cl. The first-order valence-electron chi connectivity index (χ1n) is 5.32. The number of hydrogen-bond donors (Lipinski definition) is 0. The van der Waals surface area contributed by atoms with Crippen molar-refractivity contribution >= 4 is 23.2 Å². The van der Waals surface area contributed by atoms with Gasteiger partial charge in [-0.3, -0.25) is 4.98 Å². The van der Waals surface area contributed by atoms with Gasteiger partial charge in [0.05, 0.1) is 5.02 Å². The van der Waals surface area contributed by atoms with Gasteiger partial charge in [0.25, 0.3) is 0 Å². The molecule has 1 heterocycles.